The van der Waals surface area contributed by atoms with Gasteiger partial charge in [0.2, 0.25) is 0 Å². The third-order valence-electron chi connectivity index (χ3n) is 3.70. The molecule has 0 spiro atoms. The molecule has 1 aromatic rings. The van der Waals surface area contributed by atoms with Crippen molar-refractivity contribution in [2.24, 2.45) is 11.0 Å². The van der Waals surface area contributed by atoms with Crippen molar-refractivity contribution in [1.29, 1.82) is 0 Å². The zero-order chi connectivity index (χ0) is 16.7. The van der Waals surface area contributed by atoms with Crippen LogP contribution in [0.1, 0.15) is 12.0 Å². The summed E-state index contributed by atoms with van der Waals surface area (Å²) in [5.74, 6) is 3.53. The van der Waals surface area contributed by atoms with E-state index in [0.717, 1.165) is 5.76 Å². The fraction of sp³-hybridized carbons (Fsp3) is 0.294. The number of aliphatic hydroxyl groups is 1. The third-order valence-corrected chi connectivity index (χ3v) is 3.70. The minimum Gasteiger partial charge on any atom is -0.497 e. The topological polar surface area (TPSA) is 87.5 Å². The van der Waals surface area contributed by atoms with Gasteiger partial charge in [0.05, 0.1) is 7.11 Å². The van der Waals surface area contributed by atoms with Crippen molar-refractivity contribution in [3.8, 4) is 18.1 Å². The summed E-state index contributed by atoms with van der Waals surface area (Å²) in [6, 6.07) is 6.75. The molecule has 0 amide bonds. The largest absolute Gasteiger partial charge is 0.497 e. The molecule has 0 heterocycles. The highest BCUT2D eigenvalue weighted by Crippen LogP contribution is 2.36. The molecule has 2 rings (SSSR count). The van der Waals surface area contributed by atoms with Gasteiger partial charge in [0.25, 0.3) is 0 Å². The highest BCUT2D eigenvalue weighted by Gasteiger charge is 2.35. The SMILES string of the molecule is C#CC(O)(c1ccc(OCN=[N+]=[N-])cc1)C1C=CC(OC)=CC1. The Morgan fingerprint density at radius 2 is 2.22 bits per heavy atom. The molecule has 0 bridgehead atoms. The molecule has 1 N–H and O–H groups in total. The molecule has 1 aromatic carbocycles. The van der Waals surface area contributed by atoms with Crippen LogP contribution in [0.3, 0.4) is 0 Å². The molecule has 23 heavy (non-hydrogen) atoms. The predicted octanol–water partition coefficient (Wildman–Crippen LogP) is 3.26. The monoisotopic (exact) mass is 311 g/mol. The van der Waals surface area contributed by atoms with Gasteiger partial charge in [-0.2, -0.15) is 0 Å². The number of hydrogen-bond acceptors (Lipinski definition) is 4. The predicted molar refractivity (Wildman–Crippen MR) is 86.2 cm³/mol. The minimum absolute atomic E-state index is 0.0921. The van der Waals surface area contributed by atoms with Gasteiger partial charge < -0.3 is 14.6 Å². The second-order valence-corrected chi connectivity index (χ2v) is 4.95. The van der Waals surface area contributed by atoms with Crippen molar-refractivity contribution in [2.45, 2.75) is 12.0 Å². The van der Waals surface area contributed by atoms with Gasteiger partial charge in [-0.05, 0) is 41.8 Å². The van der Waals surface area contributed by atoms with Gasteiger partial charge in [-0.3, -0.25) is 0 Å². The van der Waals surface area contributed by atoms with E-state index in [1.54, 1.807) is 37.5 Å². The van der Waals surface area contributed by atoms with E-state index in [2.05, 4.69) is 15.9 Å². The quantitative estimate of drug-likeness (QED) is 0.378. The summed E-state index contributed by atoms with van der Waals surface area (Å²) in [6.07, 6.45) is 11.7. The summed E-state index contributed by atoms with van der Waals surface area (Å²) in [4.78, 5) is 2.61. The van der Waals surface area contributed by atoms with Crippen LogP contribution in [0.25, 0.3) is 10.4 Å². The number of allylic oxidation sites excluding steroid dienone is 2. The molecule has 118 valence electrons. The molecule has 6 nitrogen and oxygen atoms in total. The van der Waals surface area contributed by atoms with E-state index in [0.29, 0.717) is 17.7 Å². The maximum atomic E-state index is 10.9. The molecule has 0 saturated heterocycles. The van der Waals surface area contributed by atoms with Crippen molar-refractivity contribution in [1.82, 2.24) is 0 Å². The van der Waals surface area contributed by atoms with Crippen LogP contribution in [-0.2, 0) is 10.3 Å². The second-order valence-electron chi connectivity index (χ2n) is 4.95. The maximum absolute atomic E-state index is 10.9. The molecule has 2 atom stereocenters. The molecule has 0 fully saturated rings. The summed E-state index contributed by atoms with van der Waals surface area (Å²) < 4.78 is 10.4. The first kappa shape index (κ1) is 16.5. The maximum Gasteiger partial charge on any atom is 0.167 e. The molecule has 0 saturated carbocycles. The van der Waals surface area contributed by atoms with Crippen LogP contribution < -0.4 is 4.74 Å². The zero-order valence-electron chi connectivity index (χ0n) is 12.7. The number of rotatable bonds is 6. The average molecular weight is 311 g/mol. The van der Waals surface area contributed by atoms with Crippen LogP contribution in [0.4, 0.5) is 0 Å². The molecular weight excluding hydrogens is 294 g/mol. The minimum atomic E-state index is -1.42. The smallest absolute Gasteiger partial charge is 0.167 e. The van der Waals surface area contributed by atoms with E-state index in [-0.39, 0.29) is 12.6 Å². The number of benzene rings is 1. The van der Waals surface area contributed by atoms with E-state index in [9.17, 15) is 5.11 Å². The van der Waals surface area contributed by atoms with Crippen LogP contribution in [0.5, 0.6) is 5.75 Å². The lowest BCUT2D eigenvalue weighted by atomic mass is 9.78. The van der Waals surface area contributed by atoms with Gasteiger partial charge in [0.1, 0.15) is 11.5 Å². The Balaban J connectivity index is 2.17. The molecular formula is C17H17N3O3. The Morgan fingerprint density at radius 1 is 1.48 bits per heavy atom. The number of hydrogen-bond donors (Lipinski definition) is 1. The zero-order valence-corrected chi connectivity index (χ0v) is 12.7. The summed E-state index contributed by atoms with van der Waals surface area (Å²) in [5, 5.41) is 14.2. The van der Waals surface area contributed by atoms with Crippen LogP contribution in [-0.4, -0.2) is 18.9 Å². The Labute approximate surface area is 134 Å². The van der Waals surface area contributed by atoms with Crippen molar-refractivity contribution >= 4 is 0 Å². The van der Waals surface area contributed by atoms with Gasteiger partial charge in [-0.25, -0.2) is 0 Å². The average Bonchev–Trinajstić information content (AvgIpc) is 2.62. The molecule has 6 heteroatoms. The fourth-order valence-corrected chi connectivity index (χ4v) is 2.40. The van der Waals surface area contributed by atoms with Gasteiger partial charge >= 0.3 is 0 Å². The van der Waals surface area contributed by atoms with E-state index < -0.39 is 5.60 Å². The van der Waals surface area contributed by atoms with Crippen molar-refractivity contribution in [3.05, 3.63) is 64.3 Å². The first-order chi connectivity index (χ1) is 11.1. The molecule has 2 unspecified atom stereocenters. The summed E-state index contributed by atoms with van der Waals surface area (Å²) >= 11 is 0. The third kappa shape index (κ3) is 3.67. The van der Waals surface area contributed by atoms with Gasteiger partial charge in [0, 0.05) is 10.8 Å². The van der Waals surface area contributed by atoms with Crippen LogP contribution in [0, 0.1) is 18.3 Å². The molecule has 1 aliphatic rings. The second kappa shape index (κ2) is 7.41. The van der Waals surface area contributed by atoms with Crippen LogP contribution in [0.15, 0.2) is 53.4 Å². The molecule has 1 aliphatic carbocycles. The Morgan fingerprint density at radius 3 is 2.74 bits per heavy atom. The lowest BCUT2D eigenvalue weighted by Gasteiger charge is -2.31. The van der Waals surface area contributed by atoms with Crippen LogP contribution >= 0.6 is 0 Å². The first-order valence-electron chi connectivity index (χ1n) is 7.00. The number of terminal acetylenes is 1. The van der Waals surface area contributed by atoms with Gasteiger partial charge in [-0.1, -0.05) is 29.2 Å². The number of methoxy groups -OCH3 is 1. The number of azide groups is 1. The lowest BCUT2D eigenvalue weighted by Crippen LogP contribution is -2.33. The summed E-state index contributed by atoms with van der Waals surface area (Å²) in [7, 11) is 1.60. The first-order valence-corrected chi connectivity index (χ1v) is 7.00. The Hall–Kier alpha value is -2.87. The van der Waals surface area contributed by atoms with E-state index in [1.807, 2.05) is 12.2 Å². The van der Waals surface area contributed by atoms with Crippen molar-refractivity contribution in [3.63, 3.8) is 0 Å². The lowest BCUT2D eigenvalue weighted by molar-refractivity contribution is 0.0547. The normalized spacial score (nSPS) is 18.8. The van der Waals surface area contributed by atoms with Crippen LogP contribution in [0.2, 0.25) is 0 Å². The van der Waals surface area contributed by atoms with Gasteiger partial charge in [0.15, 0.2) is 12.3 Å². The highest BCUT2D eigenvalue weighted by molar-refractivity contribution is 5.38. The van der Waals surface area contributed by atoms with E-state index in [4.69, 9.17) is 21.4 Å². The standard InChI is InChI=1S/C17H17N3O3/c1-3-17(21,13-4-8-15(22-2)9-5-13)14-6-10-16(11-7-14)23-12-19-20-18/h1,4,6-11,13,21H,5,12H2,2H3. The molecule has 0 radical (unpaired) electrons. The molecule has 0 aliphatic heterocycles. The van der Waals surface area contributed by atoms with Gasteiger partial charge in [-0.15, -0.1) is 6.42 Å². The fourth-order valence-electron chi connectivity index (χ4n) is 2.40. The van der Waals surface area contributed by atoms with Crippen molar-refractivity contribution in [2.75, 3.05) is 13.8 Å². The Kier molecular flexibility index (Phi) is 5.32. The number of ether oxygens (including phenoxy) is 2. The van der Waals surface area contributed by atoms with Crippen molar-refractivity contribution < 1.29 is 14.6 Å². The summed E-state index contributed by atoms with van der Waals surface area (Å²) in [6.45, 7) is -0.0921. The highest BCUT2D eigenvalue weighted by atomic mass is 16.5. The van der Waals surface area contributed by atoms with E-state index in [1.165, 1.54) is 0 Å². The molecule has 0 aromatic heterocycles. The Bertz CT molecular complexity index is 697. The summed E-state index contributed by atoms with van der Waals surface area (Å²) in [5.41, 5.74) is 7.39. The number of nitrogens with zero attached hydrogens (tertiary/aromatic N) is 3. The van der Waals surface area contributed by atoms with E-state index >= 15 is 0 Å².